The highest BCUT2D eigenvalue weighted by Gasteiger charge is 2.31. The molecule has 1 aliphatic heterocycles. The van der Waals surface area contributed by atoms with E-state index < -0.39 is 59.4 Å². The summed E-state index contributed by atoms with van der Waals surface area (Å²) in [4.78, 5) is 40.6. The van der Waals surface area contributed by atoms with Gasteiger partial charge in [-0.1, -0.05) is 20.4 Å². The van der Waals surface area contributed by atoms with Gasteiger partial charge < -0.3 is 14.7 Å². The fourth-order valence-electron chi connectivity index (χ4n) is 2.39. The lowest BCUT2D eigenvalue weighted by Gasteiger charge is -2.41. The number of sulfone groups is 3. The molecule has 0 unspecified atom stereocenters. The minimum absolute atomic E-state index is 0.236. The van der Waals surface area contributed by atoms with Crippen LogP contribution in [-0.2, 0) is 43.9 Å². The van der Waals surface area contributed by atoms with Gasteiger partial charge in [0.15, 0.2) is 29.5 Å². The molecule has 1 fully saturated rings. The van der Waals surface area contributed by atoms with Crippen LogP contribution in [0, 0.1) is 0 Å². The summed E-state index contributed by atoms with van der Waals surface area (Å²) in [5.41, 5.74) is 0. The normalized spacial score (nSPS) is 15.9. The molecule has 0 aromatic carbocycles. The van der Waals surface area contributed by atoms with Crippen molar-refractivity contribution in [3.63, 3.8) is 0 Å². The summed E-state index contributed by atoms with van der Waals surface area (Å²) < 4.78 is 69.7. The van der Waals surface area contributed by atoms with Crippen molar-refractivity contribution in [2.45, 2.75) is 20.3 Å². The predicted octanol–water partition coefficient (Wildman–Crippen LogP) is -0.796. The number of hydrogen-bond acceptors (Lipinski definition) is 9. The molecule has 0 radical (unpaired) electrons. The van der Waals surface area contributed by atoms with Crippen LogP contribution in [0.2, 0.25) is 0 Å². The lowest BCUT2D eigenvalue weighted by Crippen LogP contribution is -2.59. The van der Waals surface area contributed by atoms with Crippen LogP contribution in [0.5, 0.6) is 0 Å². The average molecular weight is 526 g/mol. The Labute approximate surface area is 194 Å². The highest BCUT2D eigenvalue weighted by molar-refractivity contribution is 7.94. The first-order valence-corrected chi connectivity index (χ1v) is 14.8. The molecule has 0 atom stereocenters. The van der Waals surface area contributed by atoms with Crippen LogP contribution >= 0.6 is 0 Å². The lowest BCUT2D eigenvalue weighted by atomic mass is 10.3. The van der Waals surface area contributed by atoms with E-state index in [4.69, 9.17) is 0 Å². The third kappa shape index (κ3) is 9.47. The SMILES string of the molecule is C=CS(=O)(=O)CCC(=O)N1CN(C(=O)C=CS(=O)(=O)CC)CN(C(=O)C=CS(=O)(=O)CC)C1. The van der Waals surface area contributed by atoms with Crippen LogP contribution in [0.25, 0.3) is 0 Å². The quantitative estimate of drug-likeness (QED) is 0.332. The Kier molecular flexibility index (Phi) is 9.99. The molecule has 1 rings (SSSR count). The summed E-state index contributed by atoms with van der Waals surface area (Å²) in [6.07, 6.45) is 1.13. The molecule has 0 aromatic rings. The molecule has 0 N–H and O–H groups in total. The van der Waals surface area contributed by atoms with Crippen molar-refractivity contribution in [2.24, 2.45) is 0 Å². The molecule has 1 heterocycles. The molecule has 1 aliphatic rings. The van der Waals surface area contributed by atoms with Crippen molar-refractivity contribution in [3.05, 3.63) is 35.0 Å². The Balaban J connectivity index is 3.15. The molecule has 12 nitrogen and oxygen atoms in total. The van der Waals surface area contributed by atoms with Crippen LogP contribution in [-0.4, -0.2) is 94.9 Å². The molecule has 0 saturated carbocycles. The summed E-state index contributed by atoms with van der Waals surface area (Å²) in [5, 5.41) is 2.14. The van der Waals surface area contributed by atoms with Crippen molar-refractivity contribution in [1.82, 2.24) is 14.7 Å². The van der Waals surface area contributed by atoms with Gasteiger partial charge in [-0.15, -0.1) is 0 Å². The zero-order valence-corrected chi connectivity index (χ0v) is 20.7. The summed E-state index contributed by atoms with van der Waals surface area (Å²) in [6.45, 7) is 4.92. The second-order valence-electron chi connectivity index (χ2n) is 6.91. The second-order valence-corrected chi connectivity index (χ2v) is 13.3. The molecule has 33 heavy (non-hydrogen) atoms. The fourth-order valence-corrected chi connectivity index (χ4v) is 4.05. The minimum Gasteiger partial charge on any atom is -0.307 e. The first kappa shape index (κ1) is 28.5. The van der Waals surface area contributed by atoms with Gasteiger partial charge in [0.25, 0.3) is 0 Å². The molecule has 0 spiro atoms. The van der Waals surface area contributed by atoms with Crippen LogP contribution in [0.3, 0.4) is 0 Å². The fraction of sp³-hybridized carbons (Fsp3) is 0.500. The zero-order valence-electron chi connectivity index (χ0n) is 18.3. The molecule has 1 saturated heterocycles. The van der Waals surface area contributed by atoms with Crippen molar-refractivity contribution in [1.29, 1.82) is 0 Å². The molecule has 0 aromatic heterocycles. The van der Waals surface area contributed by atoms with Gasteiger partial charge in [0, 0.05) is 34.8 Å². The van der Waals surface area contributed by atoms with Gasteiger partial charge >= 0.3 is 0 Å². The maximum Gasteiger partial charge on any atom is 0.250 e. The molecule has 3 amide bonds. The third-order valence-electron chi connectivity index (χ3n) is 4.50. The summed E-state index contributed by atoms with van der Waals surface area (Å²) in [6, 6.07) is 0. The second kappa shape index (κ2) is 11.6. The standard InChI is InChI=1S/C18H27N3O9S3/c1-4-31(25,26)10-7-16(22)19-13-20(17(23)8-11-32(27,28)5-2)15-21(14-19)18(24)9-12-33(29,30)6-3/h4,8-9,11-12H,1,5-7,10,13-15H2,2-3H3. The summed E-state index contributed by atoms with van der Waals surface area (Å²) >= 11 is 0. The zero-order chi connectivity index (χ0) is 25.4. The monoisotopic (exact) mass is 525 g/mol. The Hall–Kier alpha value is -2.52. The van der Waals surface area contributed by atoms with Crippen LogP contribution in [0.1, 0.15) is 20.3 Å². The summed E-state index contributed by atoms with van der Waals surface area (Å²) in [5.74, 6) is -3.32. The van der Waals surface area contributed by atoms with Crippen molar-refractivity contribution >= 4 is 47.2 Å². The van der Waals surface area contributed by atoms with Gasteiger partial charge in [0.1, 0.15) is 0 Å². The molecular weight excluding hydrogens is 498 g/mol. The van der Waals surface area contributed by atoms with E-state index >= 15 is 0 Å². The van der Waals surface area contributed by atoms with Gasteiger partial charge in [-0.05, 0) is 0 Å². The Morgan fingerprint density at radius 1 is 0.727 bits per heavy atom. The number of carbonyl (C=O) groups excluding carboxylic acids is 3. The maximum atomic E-state index is 12.5. The van der Waals surface area contributed by atoms with Gasteiger partial charge in [0.2, 0.25) is 17.7 Å². The lowest BCUT2D eigenvalue weighted by molar-refractivity contribution is -0.154. The van der Waals surface area contributed by atoms with E-state index in [0.717, 1.165) is 26.9 Å². The van der Waals surface area contributed by atoms with Crippen molar-refractivity contribution in [3.8, 4) is 0 Å². The molecule has 0 aliphatic carbocycles. The van der Waals surface area contributed by atoms with Crippen LogP contribution in [0.4, 0.5) is 0 Å². The highest BCUT2D eigenvalue weighted by Crippen LogP contribution is 2.12. The molecule has 0 bridgehead atoms. The van der Waals surface area contributed by atoms with Crippen LogP contribution in [0.15, 0.2) is 35.0 Å². The van der Waals surface area contributed by atoms with Gasteiger partial charge in [-0.3, -0.25) is 14.4 Å². The van der Waals surface area contributed by atoms with E-state index in [1.165, 1.54) is 13.8 Å². The number of hydrogen-bond donors (Lipinski definition) is 0. The number of carbonyl (C=O) groups is 3. The highest BCUT2D eigenvalue weighted by atomic mass is 32.2. The van der Waals surface area contributed by atoms with E-state index in [1.54, 1.807) is 0 Å². The molecule has 186 valence electrons. The van der Waals surface area contributed by atoms with E-state index in [-0.39, 0.29) is 31.5 Å². The van der Waals surface area contributed by atoms with E-state index in [1.807, 2.05) is 0 Å². The van der Waals surface area contributed by atoms with Crippen molar-refractivity contribution < 1.29 is 39.6 Å². The first-order valence-electron chi connectivity index (χ1n) is 9.67. The van der Waals surface area contributed by atoms with E-state index in [9.17, 15) is 39.6 Å². The third-order valence-corrected chi connectivity index (χ3v) is 8.49. The Morgan fingerprint density at radius 2 is 1.12 bits per heavy atom. The number of amides is 3. The van der Waals surface area contributed by atoms with E-state index in [0.29, 0.717) is 16.2 Å². The number of rotatable bonds is 10. The molecule has 15 heteroatoms. The largest absolute Gasteiger partial charge is 0.307 e. The van der Waals surface area contributed by atoms with Gasteiger partial charge in [-0.2, -0.15) is 0 Å². The summed E-state index contributed by atoms with van der Waals surface area (Å²) in [7, 11) is -10.9. The average Bonchev–Trinajstić information content (AvgIpc) is 2.79. The Bertz CT molecular complexity index is 1090. The smallest absolute Gasteiger partial charge is 0.250 e. The van der Waals surface area contributed by atoms with Crippen LogP contribution < -0.4 is 0 Å². The Morgan fingerprint density at radius 3 is 1.48 bits per heavy atom. The maximum absolute atomic E-state index is 12.5. The van der Waals surface area contributed by atoms with E-state index in [2.05, 4.69) is 6.58 Å². The number of nitrogens with zero attached hydrogens (tertiary/aromatic N) is 3. The molecular formula is C18H27N3O9S3. The topological polar surface area (TPSA) is 163 Å². The minimum atomic E-state index is -3.67. The predicted molar refractivity (Wildman–Crippen MR) is 121 cm³/mol. The van der Waals surface area contributed by atoms with Gasteiger partial charge in [-0.25, -0.2) is 25.3 Å². The first-order chi connectivity index (χ1) is 15.1. The van der Waals surface area contributed by atoms with Gasteiger partial charge in [0.05, 0.1) is 37.3 Å². The van der Waals surface area contributed by atoms with Crippen molar-refractivity contribution in [2.75, 3.05) is 37.3 Å².